The maximum atomic E-state index is 11.3. The van der Waals surface area contributed by atoms with E-state index < -0.39 is 11.9 Å². The van der Waals surface area contributed by atoms with E-state index in [9.17, 15) is 9.59 Å². The highest BCUT2D eigenvalue weighted by Crippen LogP contribution is 2.26. The van der Waals surface area contributed by atoms with Gasteiger partial charge in [-0.1, -0.05) is 6.07 Å². The van der Waals surface area contributed by atoms with Crippen molar-refractivity contribution in [1.29, 1.82) is 0 Å². The van der Waals surface area contributed by atoms with Crippen molar-refractivity contribution in [2.45, 2.75) is 20.0 Å². The molecular formula is C12H15NO5. The van der Waals surface area contributed by atoms with Gasteiger partial charge in [0.1, 0.15) is 5.56 Å². The molecule has 3 N–H and O–H groups in total. The van der Waals surface area contributed by atoms with Crippen molar-refractivity contribution in [1.82, 2.24) is 0 Å². The highest BCUT2D eigenvalue weighted by atomic mass is 16.6. The van der Waals surface area contributed by atoms with Crippen LogP contribution in [0.25, 0.3) is 0 Å². The van der Waals surface area contributed by atoms with E-state index in [0.29, 0.717) is 0 Å². The third-order valence-electron chi connectivity index (χ3n) is 1.98. The van der Waals surface area contributed by atoms with Gasteiger partial charge in [-0.2, -0.15) is 0 Å². The number of nitrogen functional groups attached to an aromatic ring is 1. The molecule has 98 valence electrons. The first kappa shape index (κ1) is 13.8. The van der Waals surface area contributed by atoms with Crippen LogP contribution in [0.4, 0.5) is 5.69 Å². The van der Waals surface area contributed by atoms with Crippen molar-refractivity contribution in [2.75, 3.05) is 12.3 Å². The highest BCUT2D eigenvalue weighted by Gasteiger charge is 2.16. The summed E-state index contributed by atoms with van der Waals surface area (Å²) in [6, 6.07) is 4.34. The number of anilines is 1. The van der Waals surface area contributed by atoms with Crippen LogP contribution < -0.4 is 10.5 Å². The zero-order chi connectivity index (χ0) is 13.7. The molecule has 0 spiro atoms. The van der Waals surface area contributed by atoms with E-state index in [0.717, 1.165) is 0 Å². The van der Waals surface area contributed by atoms with Crippen LogP contribution >= 0.6 is 0 Å². The van der Waals surface area contributed by atoms with Gasteiger partial charge in [0.15, 0.2) is 12.4 Å². The van der Waals surface area contributed by atoms with E-state index >= 15 is 0 Å². The Kier molecular flexibility index (Phi) is 4.53. The Morgan fingerprint density at radius 3 is 2.61 bits per heavy atom. The summed E-state index contributed by atoms with van der Waals surface area (Å²) in [5, 5.41) is 8.95. The third-order valence-corrected chi connectivity index (χ3v) is 1.98. The second kappa shape index (κ2) is 5.90. The number of benzene rings is 1. The second-order valence-electron chi connectivity index (χ2n) is 3.86. The molecule has 18 heavy (non-hydrogen) atoms. The zero-order valence-corrected chi connectivity index (χ0v) is 10.2. The molecule has 0 fully saturated rings. The van der Waals surface area contributed by atoms with Crippen molar-refractivity contribution in [2.24, 2.45) is 0 Å². The quantitative estimate of drug-likeness (QED) is 0.606. The first-order chi connectivity index (χ1) is 8.41. The van der Waals surface area contributed by atoms with Gasteiger partial charge < -0.3 is 20.3 Å². The number of carbonyl (C=O) groups is 2. The van der Waals surface area contributed by atoms with E-state index in [1.165, 1.54) is 18.2 Å². The van der Waals surface area contributed by atoms with E-state index in [1.807, 2.05) is 0 Å². The lowest BCUT2D eigenvalue weighted by Gasteiger charge is -2.12. The number of hydrogen-bond donors (Lipinski definition) is 2. The number of aromatic carboxylic acids is 1. The molecule has 0 radical (unpaired) electrons. The number of carboxylic acid groups (broad SMARTS) is 1. The van der Waals surface area contributed by atoms with Crippen LogP contribution in [0.2, 0.25) is 0 Å². The molecule has 0 unspecified atom stereocenters. The van der Waals surface area contributed by atoms with Gasteiger partial charge in [-0.25, -0.2) is 9.59 Å². The molecule has 6 heteroatoms. The molecule has 0 amide bonds. The van der Waals surface area contributed by atoms with Crippen LogP contribution in [0.1, 0.15) is 24.2 Å². The molecule has 0 aliphatic heterocycles. The standard InChI is InChI=1S/C12H15NO5/c1-7(2)18-10(14)6-17-11-8(12(15)16)4-3-5-9(11)13/h3-5,7H,6,13H2,1-2H3,(H,15,16). The topological polar surface area (TPSA) is 98.9 Å². The number of carbonyl (C=O) groups excluding carboxylic acids is 1. The van der Waals surface area contributed by atoms with E-state index in [4.69, 9.17) is 20.3 Å². The van der Waals surface area contributed by atoms with Gasteiger partial charge in [0, 0.05) is 0 Å². The van der Waals surface area contributed by atoms with Gasteiger partial charge in [-0.3, -0.25) is 0 Å². The summed E-state index contributed by atoms with van der Waals surface area (Å²) in [7, 11) is 0. The number of hydrogen-bond acceptors (Lipinski definition) is 5. The largest absolute Gasteiger partial charge is 0.479 e. The minimum atomic E-state index is -1.17. The number of rotatable bonds is 5. The summed E-state index contributed by atoms with van der Waals surface area (Å²) < 4.78 is 9.97. The summed E-state index contributed by atoms with van der Waals surface area (Å²) in [6.45, 7) is 3.03. The highest BCUT2D eigenvalue weighted by molar-refractivity contribution is 5.93. The molecular weight excluding hydrogens is 238 g/mol. The monoisotopic (exact) mass is 253 g/mol. The molecule has 0 aliphatic rings. The summed E-state index contributed by atoms with van der Waals surface area (Å²) in [5.41, 5.74) is 5.68. The summed E-state index contributed by atoms with van der Waals surface area (Å²) in [4.78, 5) is 22.2. The lowest BCUT2D eigenvalue weighted by Crippen LogP contribution is -2.20. The van der Waals surface area contributed by atoms with Crippen LogP contribution in [0.5, 0.6) is 5.75 Å². The van der Waals surface area contributed by atoms with Gasteiger partial charge in [0.2, 0.25) is 0 Å². The molecule has 0 aliphatic carbocycles. The number of carboxylic acids is 1. The Labute approximate surface area is 104 Å². The van der Waals surface area contributed by atoms with Crippen LogP contribution in [0.15, 0.2) is 18.2 Å². The smallest absolute Gasteiger partial charge is 0.344 e. The fourth-order valence-corrected chi connectivity index (χ4v) is 1.31. The zero-order valence-electron chi connectivity index (χ0n) is 10.2. The number of esters is 1. The molecule has 0 saturated heterocycles. The minimum Gasteiger partial charge on any atom is -0.479 e. The summed E-state index contributed by atoms with van der Waals surface area (Å²) >= 11 is 0. The van der Waals surface area contributed by atoms with Crippen molar-refractivity contribution >= 4 is 17.6 Å². The van der Waals surface area contributed by atoms with Gasteiger partial charge in [-0.15, -0.1) is 0 Å². The Balaban J connectivity index is 2.78. The predicted molar refractivity (Wildman–Crippen MR) is 64.5 cm³/mol. The average Bonchev–Trinajstić information content (AvgIpc) is 2.25. The van der Waals surface area contributed by atoms with Gasteiger partial charge in [0.25, 0.3) is 0 Å². The first-order valence-corrected chi connectivity index (χ1v) is 5.36. The Morgan fingerprint density at radius 1 is 1.39 bits per heavy atom. The summed E-state index contributed by atoms with van der Waals surface area (Å²) in [5.74, 6) is -1.77. The number of para-hydroxylation sites is 1. The van der Waals surface area contributed by atoms with E-state index in [2.05, 4.69) is 0 Å². The maximum absolute atomic E-state index is 11.3. The van der Waals surface area contributed by atoms with Gasteiger partial charge >= 0.3 is 11.9 Å². The van der Waals surface area contributed by atoms with Crippen LogP contribution in [-0.2, 0) is 9.53 Å². The van der Waals surface area contributed by atoms with Crippen molar-refractivity contribution in [3.8, 4) is 5.75 Å². The van der Waals surface area contributed by atoms with E-state index in [-0.39, 0.29) is 29.7 Å². The maximum Gasteiger partial charge on any atom is 0.344 e. The van der Waals surface area contributed by atoms with E-state index in [1.54, 1.807) is 13.8 Å². The Bertz CT molecular complexity index is 456. The number of nitrogens with two attached hydrogens (primary N) is 1. The lowest BCUT2D eigenvalue weighted by molar-refractivity contribution is -0.149. The van der Waals surface area contributed by atoms with Crippen molar-refractivity contribution in [3.63, 3.8) is 0 Å². The second-order valence-corrected chi connectivity index (χ2v) is 3.86. The molecule has 1 aromatic rings. The Hall–Kier alpha value is -2.24. The van der Waals surface area contributed by atoms with Gasteiger partial charge in [-0.05, 0) is 26.0 Å². The molecule has 1 aromatic carbocycles. The fourth-order valence-electron chi connectivity index (χ4n) is 1.31. The van der Waals surface area contributed by atoms with Crippen LogP contribution in [0.3, 0.4) is 0 Å². The SMILES string of the molecule is CC(C)OC(=O)COc1c(N)cccc1C(=O)O. The predicted octanol–water partition coefficient (Wildman–Crippen LogP) is 1.30. The summed E-state index contributed by atoms with van der Waals surface area (Å²) in [6.07, 6.45) is -0.256. The third kappa shape index (κ3) is 3.65. The van der Waals surface area contributed by atoms with Crippen LogP contribution in [0, 0.1) is 0 Å². The molecule has 0 saturated carbocycles. The normalized spacial score (nSPS) is 10.2. The molecule has 0 atom stereocenters. The molecule has 0 bridgehead atoms. The fraction of sp³-hybridized carbons (Fsp3) is 0.333. The molecule has 1 rings (SSSR count). The van der Waals surface area contributed by atoms with Crippen LogP contribution in [-0.4, -0.2) is 29.8 Å². The molecule has 0 heterocycles. The molecule has 6 nitrogen and oxygen atoms in total. The number of ether oxygens (including phenoxy) is 2. The first-order valence-electron chi connectivity index (χ1n) is 5.36. The average molecular weight is 253 g/mol. The minimum absolute atomic E-state index is 0.0225. The molecule has 0 aromatic heterocycles. The van der Waals surface area contributed by atoms with Gasteiger partial charge in [0.05, 0.1) is 11.8 Å². The van der Waals surface area contributed by atoms with Crippen molar-refractivity contribution < 1.29 is 24.2 Å². The Morgan fingerprint density at radius 2 is 2.06 bits per heavy atom. The lowest BCUT2D eigenvalue weighted by atomic mass is 10.2. The van der Waals surface area contributed by atoms with Crippen molar-refractivity contribution in [3.05, 3.63) is 23.8 Å².